The number of nitrogens with one attached hydrogen (secondary N) is 2. The molecule has 202 valence electrons. The first kappa shape index (κ1) is 24.3. The van der Waals surface area contributed by atoms with E-state index in [1.54, 1.807) is 0 Å². The minimum absolute atomic E-state index is 0.244. The zero-order valence-corrected chi connectivity index (χ0v) is 22.7. The lowest BCUT2D eigenvalue weighted by atomic mass is 10.1. The summed E-state index contributed by atoms with van der Waals surface area (Å²) in [4.78, 5) is 29.8. The van der Waals surface area contributed by atoms with Gasteiger partial charge in [-0.1, -0.05) is 0 Å². The van der Waals surface area contributed by atoms with Gasteiger partial charge in [-0.05, 0) is 86.4 Å². The Balaban J connectivity index is 1.04. The van der Waals surface area contributed by atoms with Gasteiger partial charge in [0.25, 0.3) is 0 Å². The monoisotopic (exact) mass is 524 g/mol. The number of aromatic amines is 1. The second-order valence-electron chi connectivity index (χ2n) is 11.6. The molecule has 1 unspecified atom stereocenters. The molecule has 3 aromatic heterocycles. The van der Waals surface area contributed by atoms with Gasteiger partial charge in [-0.3, -0.25) is 14.4 Å². The van der Waals surface area contributed by atoms with Gasteiger partial charge in [0.15, 0.2) is 0 Å². The average molecular weight is 525 g/mol. The molecular formula is C30H36N8O. The van der Waals surface area contributed by atoms with Gasteiger partial charge in [0, 0.05) is 62.6 Å². The van der Waals surface area contributed by atoms with Crippen LogP contribution in [0.3, 0.4) is 0 Å². The van der Waals surface area contributed by atoms with Crippen molar-refractivity contribution in [1.82, 2.24) is 34.5 Å². The van der Waals surface area contributed by atoms with Crippen molar-refractivity contribution in [3.8, 4) is 11.1 Å². The first-order chi connectivity index (χ1) is 19.0. The maximum Gasteiger partial charge on any atom is 0.225 e. The quantitative estimate of drug-likeness (QED) is 0.341. The fourth-order valence-electron chi connectivity index (χ4n) is 5.72. The summed E-state index contributed by atoms with van der Waals surface area (Å²) in [5.41, 5.74) is 6.54. The molecule has 4 heterocycles. The smallest absolute Gasteiger partial charge is 0.225 e. The number of fused-ring (bicyclic) bond motifs is 1. The number of rotatable bonds is 8. The summed E-state index contributed by atoms with van der Waals surface area (Å²) in [7, 11) is 0. The Labute approximate surface area is 228 Å². The van der Waals surface area contributed by atoms with E-state index in [2.05, 4.69) is 79.2 Å². The number of imidazole rings is 1. The summed E-state index contributed by atoms with van der Waals surface area (Å²) in [5.74, 6) is 2.90. The van der Waals surface area contributed by atoms with Crippen LogP contribution >= 0.6 is 0 Å². The Morgan fingerprint density at radius 1 is 1.10 bits per heavy atom. The molecule has 3 fully saturated rings. The molecule has 1 aromatic carbocycles. The zero-order chi connectivity index (χ0) is 26.5. The Hall–Kier alpha value is -3.72. The molecule has 3 aliphatic rings. The van der Waals surface area contributed by atoms with Gasteiger partial charge in [0.1, 0.15) is 5.82 Å². The van der Waals surface area contributed by atoms with Gasteiger partial charge in [0.05, 0.1) is 17.2 Å². The van der Waals surface area contributed by atoms with Crippen LogP contribution in [0.15, 0.2) is 42.9 Å². The maximum atomic E-state index is 12.4. The Kier molecular flexibility index (Phi) is 6.11. The molecular weight excluding hydrogens is 488 g/mol. The van der Waals surface area contributed by atoms with Crippen molar-refractivity contribution >= 4 is 28.7 Å². The molecule has 1 saturated heterocycles. The highest BCUT2D eigenvalue weighted by Crippen LogP contribution is 2.33. The predicted molar refractivity (Wildman–Crippen MR) is 152 cm³/mol. The Bertz CT molecular complexity index is 1510. The molecule has 1 atom stereocenters. The SMILES string of the molecule is Cc1cc(-c2cnn(CC3CC3)c2)cc2[nH]c(Nc3cc(C(C)N4CCN(C(=O)C5CC5)CC4)ccn3)nc12. The van der Waals surface area contributed by atoms with E-state index in [9.17, 15) is 4.79 Å². The molecule has 9 nitrogen and oxygen atoms in total. The number of benzene rings is 1. The lowest BCUT2D eigenvalue weighted by Gasteiger charge is -2.38. The van der Waals surface area contributed by atoms with Gasteiger partial charge >= 0.3 is 0 Å². The standard InChI is InChI=1S/C30H36N8O/c1-19-13-24(25-16-32-38(18-25)17-21-3-4-21)14-26-28(19)35-30(33-26)34-27-15-23(7-8-31-27)20(2)36-9-11-37(12-10-36)29(39)22-5-6-22/h7-8,13-16,18,20-22H,3-6,9-12,17H2,1-2H3,(H2,31,33,34,35). The molecule has 0 spiro atoms. The normalized spacial score (nSPS) is 19.0. The fraction of sp³-hybridized carbons (Fsp3) is 0.467. The molecule has 2 aliphatic carbocycles. The van der Waals surface area contributed by atoms with Gasteiger partial charge in [-0.2, -0.15) is 5.10 Å². The minimum Gasteiger partial charge on any atom is -0.340 e. The minimum atomic E-state index is 0.244. The van der Waals surface area contributed by atoms with Crippen LogP contribution in [-0.2, 0) is 11.3 Å². The summed E-state index contributed by atoms with van der Waals surface area (Å²) in [6.45, 7) is 8.78. The number of aryl methyl sites for hydroxylation is 1. The molecule has 2 saturated carbocycles. The van der Waals surface area contributed by atoms with Crippen LogP contribution in [0.4, 0.5) is 11.8 Å². The Morgan fingerprint density at radius 2 is 1.92 bits per heavy atom. The van der Waals surface area contributed by atoms with Crippen molar-refractivity contribution < 1.29 is 4.79 Å². The lowest BCUT2D eigenvalue weighted by Crippen LogP contribution is -2.49. The van der Waals surface area contributed by atoms with E-state index in [0.29, 0.717) is 17.8 Å². The van der Waals surface area contributed by atoms with Crippen LogP contribution in [0.2, 0.25) is 0 Å². The van der Waals surface area contributed by atoms with Crippen molar-refractivity contribution in [3.05, 3.63) is 54.0 Å². The fourth-order valence-corrected chi connectivity index (χ4v) is 5.72. The highest BCUT2D eigenvalue weighted by Gasteiger charge is 2.35. The van der Waals surface area contributed by atoms with Crippen molar-refractivity contribution in [2.24, 2.45) is 11.8 Å². The van der Waals surface area contributed by atoms with Crippen LogP contribution < -0.4 is 5.32 Å². The van der Waals surface area contributed by atoms with Crippen LogP contribution in [0.25, 0.3) is 22.2 Å². The van der Waals surface area contributed by atoms with E-state index in [1.807, 2.05) is 12.4 Å². The lowest BCUT2D eigenvalue weighted by molar-refractivity contribution is -0.134. The summed E-state index contributed by atoms with van der Waals surface area (Å²) in [6, 6.07) is 8.76. The van der Waals surface area contributed by atoms with Crippen molar-refractivity contribution in [2.45, 2.75) is 52.1 Å². The van der Waals surface area contributed by atoms with E-state index >= 15 is 0 Å². The number of nitrogens with zero attached hydrogens (tertiary/aromatic N) is 6. The van der Waals surface area contributed by atoms with E-state index in [-0.39, 0.29) is 6.04 Å². The molecule has 39 heavy (non-hydrogen) atoms. The molecule has 1 aliphatic heterocycles. The number of hydrogen-bond donors (Lipinski definition) is 2. The molecule has 0 radical (unpaired) electrons. The molecule has 7 rings (SSSR count). The number of amides is 1. The number of carbonyl (C=O) groups is 1. The number of aromatic nitrogens is 5. The second kappa shape index (κ2) is 9.79. The molecule has 1 amide bonds. The predicted octanol–water partition coefficient (Wildman–Crippen LogP) is 4.90. The Morgan fingerprint density at radius 3 is 2.69 bits per heavy atom. The number of H-pyrrole nitrogens is 1. The third-order valence-corrected chi connectivity index (χ3v) is 8.50. The van der Waals surface area contributed by atoms with Gasteiger partial charge in [-0.15, -0.1) is 0 Å². The highest BCUT2D eigenvalue weighted by molar-refractivity contribution is 5.86. The third-order valence-electron chi connectivity index (χ3n) is 8.50. The second-order valence-corrected chi connectivity index (χ2v) is 11.6. The van der Waals surface area contributed by atoms with E-state index in [0.717, 1.165) is 85.0 Å². The van der Waals surface area contributed by atoms with Crippen molar-refractivity contribution in [2.75, 3.05) is 31.5 Å². The maximum absolute atomic E-state index is 12.4. The number of pyridine rings is 1. The topological polar surface area (TPSA) is 95.0 Å². The van der Waals surface area contributed by atoms with Crippen LogP contribution in [0, 0.1) is 18.8 Å². The summed E-state index contributed by atoms with van der Waals surface area (Å²) < 4.78 is 2.07. The largest absolute Gasteiger partial charge is 0.340 e. The molecule has 0 bridgehead atoms. The molecule has 4 aromatic rings. The van der Waals surface area contributed by atoms with Crippen LogP contribution in [0.1, 0.15) is 49.8 Å². The average Bonchev–Trinajstić information content (AvgIpc) is 3.87. The van der Waals surface area contributed by atoms with Crippen LogP contribution in [0.5, 0.6) is 0 Å². The van der Waals surface area contributed by atoms with Gasteiger partial charge in [-0.25, -0.2) is 9.97 Å². The third kappa shape index (κ3) is 5.15. The van der Waals surface area contributed by atoms with Crippen molar-refractivity contribution in [3.63, 3.8) is 0 Å². The number of hydrogen-bond acceptors (Lipinski definition) is 6. The molecule has 9 heteroatoms. The number of piperazine rings is 1. The zero-order valence-electron chi connectivity index (χ0n) is 22.7. The summed E-state index contributed by atoms with van der Waals surface area (Å²) in [6.07, 6.45) is 10.7. The van der Waals surface area contributed by atoms with E-state index in [1.165, 1.54) is 18.4 Å². The first-order valence-corrected chi connectivity index (χ1v) is 14.3. The highest BCUT2D eigenvalue weighted by atomic mass is 16.2. The number of anilines is 2. The van der Waals surface area contributed by atoms with E-state index < -0.39 is 0 Å². The summed E-state index contributed by atoms with van der Waals surface area (Å²) >= 11 is 0. The number of carbonyl (C=O) groups excluding carboxylic acids is 1. The van der Waals surface area contributed by atoms with Crippen molar-refractivity contribution in [1.29, 1.82) is 0 Å². The molecule has 2 N–H and O–H groups in total. The first-order valence-electron chi connectivity index (χ1n) is 14.3. The van der Waals surface area contributed by atoms with Crippen LogP contribution in [-0.4, -0.2) is 66.6 Å². The van der Waals surface area contributed by atoms with E-state index in [4.69, 9.17) is 4.98 Å². The van der Waals surface area contributed by atoms with Gasteiger partial charge in [0.2, 0.25) is 11.9 Å². The van der Waals surface area contributed by atoms with Gasteiger partial charge < -0.3 is 15.2 Å². The summed E-state index contributed by atoms with van der Waals surface area (Å²) in [5, 5.41) is 7.96.